The van der Waals surface area contributed by atoms with Crippen molar-refractivity contribution < 1.29 is 18.0 Å². The second kappa shape index (κ2) is 6.38. The lowest BCUT2D eigenvalue weighted by Gasteiger charge is -2.34. The third kappa shape index (κ3) is 3.42. The smallest absolute Gasteiger partial charge is 0.337 e. The fraction of sp³-hybridized carbons (Fsp3) is 0.357. The Kier molecular flexibility index (Phi) is 4.28. The summed E-state index contributed by atoms with van der Waals surface area (Å²) in [5.74, 6) is 0.772. The molecule has 1 saturated heterocycles. The summed E-state index contributed by atoms with van der Waals surface area (Å²) in [6.45, 7) is 2.21. The van der Waals surface area contributed by atoms with Crippen LogP contribution in [0.4, 0.5) is 25.1 Å². The predicted octanol–water partition coefficient (Wildman–Crippen LogP) is 1.42. The molecule has 126 valence electrons. The van der Waals surface area contributed by atoms with E-state index in [-0.39, 0.29) is 5.95 Å². The van der Waals surface area contributed by atoms with Crippen molar-refractivity contribution >= 4 is 18.2 Å². The lowest BCUT2D eigenvalue weighted by atomic mass is 10.3. The first-order chi connectivity index (χ1) is 11.5. The summed E-state index contributed by atoms with van der Waals surface area (Å²) in [5, 5.41) is 0. The molecule has 1 aliphatic heterocycles. The van der Waals surface area contributed by atoms with Crippen molar-refractivity contribution in [2.75, 3.05) is 36.0 Å². The SMILES string of the molecule is O=Cc1cnc(N2CCN(c3ncc(C(F)(F)F)cn3)CC2)nc1. The number of carbonyl (C=O) groups excluding carboxylic acids is 1. The fourth-order valence-electron chi connectivity index (χ4n) is 2.29. The Morgan fingerprint density at radius 3 is 1.62 bits per heavy atom. The molecule has 0 bridgehead atoms. The molecule has 3 rings (SSSR count). The number of carbonyl (C=O) groups is 1. The van der Waals surface area contributed by atoms with E-state index < -0.39 is 11.7 Å². The molecule has 0 aliphatic carbocycles. The van der Waals surface area contributed by atoms with Gasteiger partial charge < -0.3 is 9.80 Å². The van der Waals surface area contributed by atoms with Gasteiger partial charge >= 0.3 is 6.18 Å². The first kappa shape index (κ1) is 16.1. The van der Waals surface area contributed by atoms with Crippen LogP contribution in [0.15, 0.2) is 24.8 Å². The van der Waals surface area contributed by atoms with Crippen LogP contribution in [0.5, 0.6) is 0 Å². The lowest BCUT2D eigenvalue weighted by Crippen LogP contribution is -2.47. The Morgan fingerprint density at radius 2 is 1.25 bits per heavy atom. The minimum Gasteiger partial charge on any atom is -0.337 e. The van der Waals surface area contributed by atoms with E-state index in [0.29, 0.717) is 44.0 Å². The van der Waals surface area contributed by atoms with Gasteiger partial charge in [0.25, 0.3) is 0 Å². The highest BCUT2D eigenvalue weighted by Gasteiger charge is 2.31. The molecule has 24 heavy (non-hydrogen) atoms. The summed E-state index contributed by atoms with van der Waals surface area (Å²) >= 11 is 0. The number of hydrogen-bond donors (Lipinski definition) is 0. The zero-order valence-electron chi connectivity index (χ0n) is 12.4. The molecule has 0 aromatic carbocycles. The van der Waals surface area contributed by atoms with Crippen LogP contribution in [-0.2, 0) is 6.18 Å². The van der Waals surface area contributed by atoms with Crippen LogP contribution in [-0.4, -0.2) is 52.4 Å². The van der Waals surface area contributed by atoms with E-state index in [1.54, 1.807) is 4.90 Å². The van der Waals surface area contributed by atoms with Crippen LogP contribution in [0, 0.1) is 0 Å². The summed E-state index contributed by atoms with van der Waals surface area (Å²) < 4.78 is 37.6. The van der Waals surface area contributed by atoms with Gasteiger partial charge in [-0.2, -0.15) is 13.2 Å². The molecule has 2 aromatic rings. The first-order valence-electron chi connectivity index (χ1n) is 7.14. The number of aromatic nitrogens is 4. The monoisotopic (exact) mass is 338 g/mol. The van der Waals surface area contributed by atoms with Crippen molar-refractivity contribution in [3.8, 4) is 0 Å². The van der Waals surface area contributed by atoms with Crippen LogP contribution >= 0.6 is 0 Å². The highest BCUT2D eigenvalue weighted by Crippen LogP contribution is 2.28. The van der Waals surface area contributed by atoms with Crippen LogP contribution in [0.1, 0.15) is 15.9 Å². The zero-order valence-corrected chi connectivity index (χ0v) is 12.4. The molecule has 0 amide bonds. The van der Waals surface area contributed by atoms with Crippen LogP contribution < -0.4 is 9.80 Å². The number of alkyl halides is 3. The molecular formula is C14H13F3N6O. The molecule has 0 atom stereocenters. The average molecular weight is 338 g/mol. The normalized spacial score (nSPS) is 15.5. The summed E-state index contributed by atoms with van der Waals surface area (Å²) in [6.07, 6.45) is 0.694. The maximum Gasteiger partial charge on any atom is 0.419 e. The van der Waals surface area contributed by atoms with E-state index in [1.165, 1.54) is 12.4 Å². The number of halogens is 3. The highest BCUT2D eigenvalue weighted by molar-refractivity contribution is 5.73. The minimum absolute atomic E-state index is 0.264. The van der Waals surface area contributed by atoms with Gasteiger partial charge in [-0.05, 0) is 0 Å². The van der Waals surface area contributed by atoms with Crippen LogP contribution in [0.25, 0.3) is 0 Å². The van der Waals surface area contributed by atoms with Gasteiger partial charge in [0.2, 0.25) is 11.9 Å². The number of piperazine rings is 1. The van der Waals surface area contributed by atoms with Crippen LogP contribution in [0.2, 0.25) is 0 Å². The van der Waals surface area contributed by atoms with Gasteiger partial charge in [-0.25, -0.2) is 19.9 Å². The Balaban J connectivity index is 1.63. The third-order valence-electron chi connectivity index (χ3n) is 3.61. The molecule has 0 spiro atoms. The Bertz CT molecular complexity index is 696. The number of aldehydes is 1. The Hall–Kier alpha value is -2.78. The fourth-order valence-corrected chi connectivity index (χ4v) is 2.29. The number of anilines is 2. The Morgan fingerprint density at radius 1 is 0.833 bits per heavy atom. The van der Waals surface area contributed by atoms with E-state index in [0.717, 1.165) is 12.4 Å². The van der Waals surface area contributed by atoms with Crippen molar-refractivity contribution in [1.82, 2.24) is 19.9 Å². The Labute approximate surface area is 135 Å². The maximum atomic E-state index is 12.5. The molecule has 10 heteroatoms. The minimum atomic E-state index is -4.44. The van der Waals surface area contributed by atoms with Crippen molar-refractivity contribution in [2.24, 2.45) is 0 Å². The van der Waals surface area contributed by atoms with Gasteiger partial charge in [0, 0.05) is 51.0 Å². The van der Waals surface area contributed by atoms with E-state index >= 15 is 0 Å². The van der Waals surface area contributed by atoms with Gasteiger partial charge in [-0.1, -0.05) is 0 Å². The molecule has 0 unspecified atom stereocenters. The van der Waals surface area contributed by atoms with Crippen molar-refractivity contribution in [3.63, 3.8) is 0 Å². The predicted molar refractivity (Wildman–Crippen MR) is 78.9 cm³/mol. The van der Waals surface area contributed by atoms with E-state index in [1.807, 2.05) is 4.90 Å². The quantitative estimate of drug-likeness (QED) is 0.784. The zero-order chi connectivity index (χ0) is 17.2. The van der Waals surface area contributed by atoms with E-state index in [9.17, 15) is 18.0 Å². The van der Waals surface area contributed by atoms with Crippen LogP contribution in [0.3, 0.4) is 0 Å². The summed E-state index contributed by atoms with van der Waals surface area (Å²) in [4.78, 5) is 30.2. The van der Waals surface area contributed by atoms with Gasteiger partial charge in [0.15, 0.2) is 6.29 Å². The highest BCUT2D eigenvalue weighted by atomic mass is 19.4. The molecule has 1 fully saturated rings. The second-order valence-electron chi connectivity index (χ2n) is 5.18. The van der Waals surface area contributed by atoms with E-state index in [2.05, 4.69) is 19.9 Å². The van der Waals surface area contributed by atoms with Crippen molar-refractivity contribution in [2.45, 2.75) is 6.18 Å². The molecular weight excluding hydrogens is 325 g/mol. The summed E-state index contributed by atoms with van der Waals surface area (Å²) in [5.41, 5.74) is -0.468. The van der Waals surface area contributed by atoms with Gasteiger partial charge in [0.05, 0.1) is 11.1 Å². The molecule has 1 aliphatic rings. The second-order valence-corrected chi connectivity index (χ2v) is 5.18. The van der Waals surface area contributed by atoms with Gasteiger partial charge in [0.1, 0.15) is 0 Å². The standard InChI is InChI=1S/C14H13F3N6O/c15-14(16,17)11-7-20-13(21-8-11)23-3-1-22(2-4-23)12-18-5-10(9-24)6-19-12/h5-9H,1-4H2. The lowest BCUT2D eigenvalue weighted by molar-refractivity contribution is -0.138. The molecule has 7 nitrogen and oxygen atoms in total. The number of hydrogen-bond acceptors (Lipinski definition) is 7. The topological polar surface area (TPSA) is 75.1 Å². The molecule has 0 N–H and O–H groups in total. The number of rotatable bonds is 3. The molecule has 0 radical (unpaired) electrons. The first-order valence-corrected chi connectivity index (χ1v) is 7.14. The van der Waals surface area contributed by atoms with E-state index in [4.69, 9.17) is 0 Å². The number of nitrogens with zero attached hydrogens (tertiary/aromatic N) is 6. The van der Waals surface area contributed by atoms with Crippen molar-refractivity contribution in [1.29, 1.82) is 0 Å². The molecule has 0 saturated carbocycles. The molecule has 2 aromatic heterocycles. The summed E-state index contributed by atoms with van der Waals surface area (Å²) in [6, 6.07) is 0. The largest absolute Gasteiger partial charge is 0.419 e. The third-order valence-corrected chi connectivity index (χ3v) is 3.61. The van der Waals surface area contributed by atoms with Gasteiger partial charge in [-0.3, -0.25) is 4.79 Å². The maximum absolute atomic E-state index is 12.5. The molecule has 3 heterocycles. The average Bonchev–Trinajstić information content (AvgIpc) is 2.61. The van der Waals surface area contributed by atoms with Crippen molar-refractivity contribution in [3.05, 3.63) is 35.9 Å². The van der Waals surface area contributed by atoms with Gasteiger partial charge in [-0.15, -0.1) is 0 Å². The summed E-state index contributed by atoms with van der Waals surface area (Å²) in [7, 11) is 0.